The summed E-state index contributed by atoms with van der Waals surface area (Å²) in [4.78, 5) is 17.6. The van der Waals surface area contributed by atoms with Crippen molar-refractivity contribution in [1.82, 2.24) is 10.2 Å². The highest BCUT2D eigenvalue weighted by Gasteiger charge is 2.38. The standard InChI is InChI=1S/C21H17F3N4O/c1-12-17(20(29)27-15-9-7-14(8-10-15)21(22,23)24)18(13-5-3-2-4-6-13)16-11-25-28-19(16)26-12/h2-11,17-18H,1H3,(H,25,28)(H,27,29). The van der Waals surface area contributed by atoms with E-state index in [1.807, 2.05) is 30.3 Å². The van der Waals surface area contributed by atoms with E-state index in [0.29, 0.717) is 17.2 Å². The van der Waals surface area contributed by atoms with Crippen LogP contribution in [0.5, 0.6) is 0 Å². The molecule has 1 aliphatic heterocycles. The second kappa shape index (κ2) is 7.20. The lowest BCUT2D eigenvalue weighted by molar-refractivity contribution is -0.137. The Morgan fingerprint density at radius 2 is 1.76 bits per heavy atom. The van der Waals surface area contributed by atoms with E-state index in [0.717, 1.165) is 23.3 Å². The van der Waals surface area contributed by atoms with Gasteiger partial charge in [0.25, 0.3) is 0 Å². The number of hydrogen-bond acceptors (Lipinski definition) is 3. The number of anilines is 1. The summed E-state index contributed by atoms with van der Waals surface area (Å²) in [5.74, 6) is -0.664. The molecule has 8 heteroatoms. The van der Waals surface area contributed by atoms with Gasteiger partial charge in [0.05, 0.1) is 17.7 Å². The van der Waals surface area contributed by atoms with Crippen LogP contribution in [-0.4, -0.2) is 21.8 Å². The van der Waals surface area contributed by atoms with Crippen molar-refractivity contribution in [2.75, 3.05) is 5.32 Å². The van der Waals surface area contributed by atoms with E-state index in [9.17, 15) is 18.0 Å². The molecule has 3 aromatic rings. The zero-order valence-corrected chi connectivity index (χ0v) is 15.4. The number of carbonyl (C=O) groups excluding carboxylic acids is 1. The van der Waals surface area contributed by atoms with E-state index in [1.54, 1.807) is 13.1 Å². The van der Waals surface area contributed by atoms with E-state index >= 15 is 0 Å². The Hall–Kier alpha value is -3.42. The zero-order chi connectivity index (χ0) is 20.6. The molecule has 0 saturated carbocycles. The third-order valence-electron chi connectivity index (χ3n) is 4.98. The molecule has 0 spiro atoms. The van der Waals surface area contributed by atoms with Crippen molar-refractivity contribution >= 4 is 23.1 Å². The van der Waals surface area contributed by atoms with Crippen molar-refractivity contribution in [3.05, 3.63) is 77.5 Å². The molecule has 4 rings (SSSR count). The van der Waals surface area contributed by atoms with Gasteiger partial charge >= 0.3 is 6.18 Å². The van der Waals surface area contributed by atoms with Gasteiger partial charge in [0.15, 0.2) is 5.82 Å². The lowest BCUT2D eigenvalue weighted by atomic mass is 9.77. The first-order valence-corrected chi connectivity index (χ1v) is 8.96. The molecule has 2 N–H and O–H groups in total. The molecule has 2 atom stereocenters. The minimum Gasteiger partial charge on any atom is -0.325 e. The van der Waals surface area contributed by atoms with Crippen molar-refractivity contribution in [2.45, 2.75) is 19.0 Å². The number of nitrogens with one attached hydrogen (secondary N) is 2. The number of H-pyrrole nitrogens is 1. The average molecular weight is 398 g/mol. The fourth-order valence-electron chi connectivity index (χ4n) is 3.61. The van der Waals surface area contributed by atoms with Crippen LogP contribution in [0.1, 0.15) is 29.5 Å². The summed E-state index contributed by atoms with van der Waals surface area (Å²) in [6, 6.07) is 13.9. The first kappa shape index (κ1) is 18.9. The number of rotatable bonds is 3. The maximum absolute atomic E-state index is 13.1. The molecule has 0 saturated heterocycles. The smallest absolute Gasteiger partial charge is 0.325 e. The summed E-state index contributed by atoms with van der Waals surface area (Å²) in [7, 11) is 0. The third-order valence-corrected chi connectivity index (χ3v) is 4.98. The van der Waals surface area contributed by atoms with E-state index in [4.69, 9.17) is 0 Å². The van der Waals surface area contributed by atoms with Crippen LogP contribution in [0.4, 0.5) is 24.7 Å². The summed E-state index contributed by atoms with van der Waals surface area (Å²) < 4.78 is 38.3. The predicted octanol–water partition coefficient (Wildman–Crippen LogP) is 4.92. The average Bonchev–Trinajstić information content (AvgIpc) is 3.15. The molecule has 29 heavy (non-hydrogen) atoms. The van der Waals surface area contributed by atoms with Gasteiger partial charge in [-0.3, -0.25) is 9.89 Å². The Labute approximate surface area is 164 Å². The molecule has 0 radical (unpaired) electrons. The van der Waals surface area contributed by atoms with Gasteiger partial charge in [0.1, 0.15) is 0 Å². The predicted molar refractivity (Wildman–Crippen MR) is 103 cm³/mol. The Bertz CT molecular complexity index is 1060. The maximum Gasteiger partial charge on any atom is 0.416 e. The van der Waals surface area contributed by atoms with Crippen LogP contribution in [0.25, 0.3) is 0 Å². The molecule has 2 aromatic carbocycles. The molecule has 1 aromatic heterocycles. The van der Waals surface area contributed by atoms with Crippen LogP contribution in [0.2, 0.25) is 0 Å². The van der Waals surface area contributed by atoms with E-state index < -0.39 is 17.7 Å². The van der Waals surface area contributed by atoms with Crippen LogP contribution < -0.4 is 5.32 Å². The van der Waals surface area contributed by atoms with Crippen LogP contribution in [0.3, 0.4) is 0 Å². The van der Waals surface area contributed by atoms with Crippen LogP contribution in [0.15, 0.2) is 65.8 Å². The lowest BCUT2D eigenvalue weighted by Crippen LogP contribution is -2.35. The molecule has 5 nitrogen and oxygen atoms in total. The number of fused-ring (bicyclic) bond motifs is 1. The quantitative estimate of drug-likeness (QED) is 0.657. The highest BCUT2D eigenvalue weighted by molar-refractivity contribution is 6.11. The number of aliphatic imine (C=N–C) groups is 1. The lowest BCUT2D eigenvalue weighted by Gasteiger charge is -2.29. The normalized spacial score (nSPS) is 18.7. The first-order chi connectivity index (χ1) is 13.8. The van der Waals surface area contributed by atoms with Gasteiger partial charge in [0, 0.05) is 22.9 Å². The summed E-state index contributed by atoms with van der Waals surface area (Å²) in [5, 5.41) is 9.62. The summed E-state index contributed by atoms with van der Waals surface area (Å²) in [6.07, 6.45) is -2.77. The first-order valence-electron chi connectivity index (χ1n) is 8.96. The summed E-state index contributed by atoms with van der Waals surface area (Å²) in [5.41, 5.74) is 1.85. The maximum atomic E-state index is 13.1. The van der Waals surface area contributed by atoms with Crippen LogP contribution >= 0.6 is 0 Å². The van der Waals surface area contributed by atoms with E-state index in [1.165, 1.54) is 12.1 Å². The number of aromatic amines is 1. The molecule has 0 bridgehead atoms. The Kier molecular flexibility index (Phi) is 4.70. The van der Waals surface area contributed by atoms with Gasteiger partial charge in [-0.05, 0) is 36.8 Å². The minimum absolute atomic E-state index is 0.292. The van der Waals surface area contributed by atoms with Crippen molar-refractivity contribution < 1.29 is 18.0 Å². The largest absolute Gasteiger partial charge is 0.416 e. The van der Waals surface area contributed by atoms with Gasteiger partial charge in [-0.15, -0.1) is 0 Å². The van der Waals surface area contributed by atoms with Gasteiger partial charge < -0.3 is 5.32 Å². The molecule has 1 amide bonds. The molecule has 0 aliphatic carbocycles. The van der Waals surface area contributed by atoms with Gasteiger partial charge in [0.2, 0.25) is 5.91 Å². The third kappa shape index (κ3) is 3.65. The molecule has 148 valence electrons. The number of nitrogens with zero attached hydrogens (tertiary/aromatic N) is 2. The fraction of sp³-hybridized carbons (Fsp3) is 0.190. The monoisotopic (exact) mass is 398 g/mol. The number of benzene rings is 2. The number of amides is 1. The van der Waals surface area contributed by atoms with E-state index in [-0.39, 0.29) is 11.8 Å². The molecule has 1 aliphatic rings. The number of alkyl halides is 3. The number of carbonyl (C=O) groups is 1. The molecule has 0 fully saturated rings. The topological polar surface area (TPSA) is 70.1 Å². The van der Waals surface area contributed by atoms with E-state index in [2.05, 4.69) is 20.5 Å². The van der Waals surface area contributed by atoms with Gasteiger partial charge in [-0.1, -0.05) is 30.3 Å². The second-order valence-corrected chi connectivity index (χ2v) is 6.86. The Morgan fingerprint density at radius 3 is 2.41 bits per heavy atom. The zero-order valence-electron chi connectivity index (χ0n) is 15.4. The van der Waals surface area contributed by atoms with Crippen LogP contribution in [0, 0.1) is 5.92 Å². The van der Waals surface area contributed by atoms with Crippen molar-refractivity contribution in [3.63, 3.8) is 0 Å². The molecule has 2 heterocycles. The molecular weight excluding hydrogens is 381 g/mol. The SMILES string of the molecule is CC1=Nc2[nH]ncc2C(c2ccccc2)C1C(=O)Nc1ccc(C(F)(F)F)cc1. The minimum atomic E-state index is -4.43. The second-order valence-electron chi connectivity index (χ2n) is 6.86. The Balaban J connectivity index is 1.66. The van der Waals surface area contributed by atoms with Crippen molar-refractivity contribution in [1.29, 1.82) is 0 Å². The van der Waals surface area contributed by atoms with Crippen molar-refractivity contribution in [2.24, 2.45) is 10.9 Å². The summed E-state index contributed by atoms with van der Waals surface area (Å²) in [6.45, 7) is 1.76. The highest BCUT2D eigenvalue weighted by atomic mass is 19.4. The van der Waals surface area contributed by atoms with Gasteiger partial charge in [-0.2, -0.15) is 18.3 Å². The van der Waals surface area contributed by atoms with Crippen LogP contribution in [-0.2, 0) is 11.0 Å². The number of halogens is 3. The Morgan fingerprint density at radius 1 is 1.07 bits per heavy atom. The fourth-order valence-corrected chi connectivity index (χ4v) is 3.61. The molecule has 2 unspecified atom stereocenters. The molecular formula is C21H17F3N4O. The number of hydrogen-bond donors (Lipinski definition) is 2. The van der Waals surface area contributed by atoms with Crippen molar-refractivity contribution in [3.8, 4) is 0 Å². The summed E-state index contributed by atoms with van der Waals surface area (Å²) >= 11 is 0. The number of aromatic nitrogens is 2. The van der Waals surface area contributed by atoms with Gasteiger partial charge in [-0.25, -0.2) is 4.99 Å². The highest BCUT2D eigenvalue weighted by Crippen LogP contribution is 2.41.